The normalized spacial score (nSPS) is 18.4. The van der Waals surface area contributed by atoms with Gasteiger partial charge in [-0.15, -0.1) is 0 Å². The van der Waals surface area contributed by atoms with Crippen molar-refractivity contribution in [1.29, 1.82) is 5.26 Å². The third-order valence-corrected chi connectivity index (χ3v) is 4.38. The van der Waals surface area contributed by atoms with E-state index in [-0.39, 0.29) is 5.54 Å². The minimum Gasteiger partial charge on any atom is -0.370 e. The molecule has 1 aliphatic rings. The summed E-state index contributed by atoms with van der Waals surface area (Å²) in [4.78, 5) is 2.31. The first-order valence-electron chi connectivity index (χ1n) is 6.21. The molecule has 1 aromatic rings. The van der Waals surface area contributed by atoms with Crippen LogP contribution < -0.4 is 10.2 Å². The van der Waals surface area contributed by atoms with Crippen molar-refractivity contribution in [3.05, 3.63) is 28.2 Å². The van der Waals surface area contributed by atoms with Crippen molar-refractivity contribution in [2.45, 2.75) is 25.3 Å². The average Bonchev–Trinajstić information content (AvgIpc) is 2.40. The maximum atomic E-state index is 9.21. The smallest absolute Gasteiger partial charge is 0.101 e. The van der Waals surface area contributed by atoms with Gasteiger partial charge in [0.05, 0.1) is 11.3 Å². The molecule has 1 fully saturated rings. The second-order valence-electron chi connectivity index (χ2n) is 5.07. The van der Waals surface area contributed by atoms with Crippen LogP contribution in [0, 0.1) is 11.3 Å². The van der Waals surface area contributed by atoms with Crippen LogP contribution in [0.15, 0.2) is 22.7 Å². The lowest BCUT2D eigenvalue weighted by Gasteiger charge is -2.40. The molecule has 1 aliphatic heterocycles. The standard InChI is InChI=1S/C14H18BrN3/c1-14(17-2)5-7-18(8-6-14)13-4-3-12(15)9-11(13)10-16/h3-4,9,17H,5-8H2,1-2H3. The maximum Gasteiger partial charge on any atom is 0.101 e. The van der Waals surface area contributed by atoms with Crippen LogP contribution in [-0.4, -0.2) is 25.7 Å². The molecule has 0 aliphatic carbocycles. The van der Waals surface area contributed by atoms with Crippen molar-refractivity contribution in [3.8, 4) is 6.07 Å². The SMILES string of the molecule is CNC1(C)CCN(c2ccc(Br)cc2C#N)CC1. The number of benzene rings is 1. The van der Waals surface area contributed by atoms with Crippen LogP contribution in [0.4, 0.5) is 5.69 Å². The molecule has 0 spiro atoms. The van der Waals surface area contributed by atoms with Gasteiger partial charge in [0.2, 0.25) is 0 Å². The summed E-state index contributed by atoms with van der Waals surface area (Å²) in [5, 5.41) is 12.6. The third kappa shape index (κ3) is 2.68. The molecule has 4 heteroatoms. The molecule has 0 unspecified atom stereocenters. The van der Waals surface area contributed by atoms with Gasteiger partial charge in [0, 0.05) is 23.1 Å². The lowest BCUT2D eigenvalue weighted by atomic mass is 9.89. The van der Waals surface area contributed by atoms with Gasteiger partial charge in [0.1, 0.15) is 6.07 Å². The number of nitrogens with one attached hydrogen (secondary N) is 1. The predicted octanol–water partition coefficient (Wildman–Crippen LogP) is 2.90. The molecule has 0 saturated carbocycles. The summed E-state index contributed by atoms with van der Waals surface area (Å²) in [7, 11) is 2.02. The first-order valence-corrected chi connectivity index (χ1v) is 7.01. The fourth-order valence-electron chi connectivity index (χ4n) is 2.36. The molecule has 0 aromatic heterocycles. The molecule has 1 saturated heterocycles. The number of rotatable bonds is 2. The van der Waals surface area contributed by atoms with Crippen LogP contribution >= 0.6 is 15.9 Å². The largest absolute Gasteiger partial charge is 0.370 e. The number of hydrogen-bond donors (Lipinski definition) is 1. The highest BCUT2D eigenvalue weighted by Gasteiger charge is 2.29. The van der Waals surface area contributed by atoms with Crippen LogP contribution in [0.3, 0.4) is 0 Å². The average molecular weight is 308 g/mol. The van der Waals surface area contributed by atoms with Crippen molar-refractivity contribution in [2.24, 2.45) is 0 Å². The Morgan fingerprint density at radius 2 is 2.06 bits per heavy atom. The zero-order chi connectivity index (χ0) is 13.2. The van der Waals surface area contributed by atoms with Crippen LogP contribution in [-0.2, 0) is 0 Å². The highest BCUT2D eigenvalue weighted by atomic mass is 79.9. The zero-order valence-electron chi connectivity index (χ0n) is 10.8. The van der Waals surface area contributed by atoms with Crippen LogP contribution in [0.5, 0.6) is 0 Å². The van der Waals surface area contributed by atoms with Gasteiger partial charge in [0.15, 0.2) is 0 Å². The fourth-order valence-corrected chi connectivity index (χ4v) is 2.73. The summed E-state index contributed by atoms with van der Waals surface area (Å²) in [5.74, 6) is 0. The van der Waals surface area contributed by atoms with E-state index in [1.807, 2.05) is 25.2 Å². The molecule has 0 atom stereocenters. The molecule has 0 bridgehead atoms. The summed E-state index contributed by atoms with van der Waals surface area (Å²) in [6.07, 6.45) is 2.20. The lowest BCUT2D eigenvalue weighted by molar-refractivity contribution is 0.305. The molecule has 0 radical (unpaired) electrons. The van der Waals surface area contributed by atoms with E-state index in [1.165, 1.54) is 0 Å². The molecule has 1 heterocycles. The highest BCUT2D eigenvalue weighted by molar-refractivity contribution is 9.10. The van der Waals surface area contributed by atoms with Gasteiger partial charge in [-0.25, -0.2) is 0 Å². The number of halogens is 1. The Hall–Kier alpha value is -1.05. The first-order chi connectivity index (χ1) is 8.58. The summed E-state index contributed by atoms with van der Waals surface area (Å²) in [5.41, 5.74) is 2.04. The van der Waals surface area contributed by atoms with E-state index in [0.29, 0.717) is 0 Å². The van der Waals surface area contributed by atoms with Gasteiger partial charge in [-0.3, -0.25) is 0 Å². The second-order valence-corrected chi connectivity index (χ2v) is 5.99. The molecule has 1 N–H and O–H groups in total. The van der Waals surface area contributed by atoms with Crippen LogP contribution in [0.2, 0.25) is 0 Å². The number of piperidine rings is 1. The van der Waals surface area contributed by atoms with E-state index in [4.69, 9.17) is 0 Å². The van der Waals surface area contributed by atoms with E-state index in [2.05, 4.69) is 39.1 Å². The minimum atomic E-state index is 0.235. The Kier molecular flexibility index (Phi) is 3.94. The molecular formula is C14H18BrN3. The maximum absolute atomic E-state index is 9.21. The van der Waals surface area contributed by atoms with Crippen molar-refractivity contribution in [3.63, 3.8) is 0 Å². The molecule has 18 heavy (non-hydrogen) atoms. The van der Waals surface area contributed by atoms with Crippen LogP contribution in [0.25, 0.3) is 0 Å². The van der Waals surface area contributed by atoms with Gasteiger partial charge in [-0.05, 0) is 45.0 Å². The van der Waals surface area contributed by atoms with Gasteiger partial charge in [0.25, 0.3) is 0 Å². The van der Waals surface area contributed by atoms with Gasteiger partial charge in [-0.2, -0.15) is 5.26 Å². The number of anilines is 1. The van der Waals surface area contributed by atoms with Crippen molar-refractivity contribution in [2.75, 3.05) is 25.0 Å². The Bertz CT molecular complexity index is 470. The quantitative estimate of drug-likeness (QED) is 0.913. The number of nitriles is 1. The molecular weight excluding hydrogens is 290 g/mol. The number of hydrogen-bond acceptors (Lipinski definition) is 3. The summed E-state index contributed by atoms with van der Waals surface area (Å²) >= 11 is 3.41. The Morgan fingerprint density at radius 3 is 2.61 bits per heavy atom. The lowest BCUT2D eigenvalue weighted by Crippen LogP contribution is -2.50. The van der Waals surface area contributed by atoms with Gasteiger partial charge in [-0.1, -0.05) is 15.9 Å². The first kappa shape index (κ1) is 13.4. The molecule has 3 nitrogen and oxygen atoms in total. The van der Waals surface area contributed by atoms with Crippen LogP contribution in [0.1, 0.15) is 25.3 Å². The van der Waals surface area contributed by atoms with Crippen molar-refractivity contribution in [1.82, 2.24) is 5.32 Å². The van der Waals surface area contributed by atoms with E-state index in [0.717, 1.165) is 41.7 Å². The Balaban J connectivity index is 2.18. The topological polar surface area (TPSA) is 39.1 Å². The highest BCUT2D eigenvalue weighted by Crippen LogP contribution is 2.29. The van der Waals surface area contributed by atoms with Gasteiger partial charge < -0.3 is 10.2 Å². The summed E-state index contributed by atoms with van der Waals surface area (Å²) in [6.45, 7) is 4.25. The Morgan fingerprint density at radius 1 is 1.39 bits per heavy atom. The third-order valence-electron chi connectivity index (χ3n) is 3.89. The monoisotopic (exact) mass is 307 g/mol. The van der Waals surface area contributed by atoms with E-state index in [9.17, 15) is 5.26 Å². The van der Waals surface area contributed by atoms with E-state index in [1.54, 1.807) is 0 Å². The van der Waals surface area contributed by atoms with Gasteiger partial charge >= 0.3 is 0 Å². The molecule has 0 amide bonds. The molecule has 96 valence electrons. The number of nitrogens with zero attached hydrogens (tertiary/aromatic N) is 2. The summed E-state index contributed by atoms with van der Waals surface area (Å²) < 4.78 is 0.958. The fraction of sp³-hybridized carbons (Fsp3) is 0.500. The summed E-state index contributed by atoms with van der Waals surface area (Å²) in [6, 6.07) is 8.21. The molecule has 1 aromatic carbocycles. The van der Waals surface area contributed by atoms with E-state index >= 15 is 0 Å². The molecule has 2 rings (SSSR count). The van der Waals surface area contributed by atoms with E-state index < -0.39 is 0 Å². The Labute approximate surface area is 117 Å². The zero-order valence-corrected chi connectivity index (χ0v) is 12.4. The second kappa shape index (κ2) is 5.29. The predicted molar refractivity (Wildman–Crippen MR) is 77.8 cm³/mol. The minimum absolute atomic E-state index is 0.235. The van der Waals surface area contributed by atoms with Crippen molar-refractivity contribution < 1.29 is 0 Å². The van der Waals surface area contributed by atoms with Crippen molar-refractivity contribution >= 4 is 21.6 Å².